The van der Waals surface area contributed by atoms with Gasteiger partial charge in [0.25, 0.3) is 0 Å². The lowest BCUT2D eigenvalue weighted by atomic mass is 9.84. The summed E-state index contributed by atoms with van der Waals surface area (Å²) in [5, 5.41) is 3.42. The largest absolute Gasteiger partial charge is 0.342 e. The second-order valence-corrected chi connectivity index (χ2v) is 5.22. The van der Waals surface area contributed by atoms with Crippen molar-refractivity contribution in [3.8, 4) is 0 Å². The molecule has 1 heterocycles. The molecule has 1 aliphatic heterocycles. The van der Waals surface area contributed by atoms with Gasteiger partial charge < -0.3 is 10.2 Å². The van der Waals surface area contributed by atoms with Crippen LogP contribution in [0.5, 0.6) is 0 Å². The molecule has 0 radical (unpaired) electrons. The number of nitrogens with zero attached hydrogens (tertiary/aromatic N) is 1. The van der Waals surface area contributed by atoms with E-state index >= 15 is 0 Å². The Labute approximate surface area is 98.6 Å². The van der Waals surface area contributed by atoms with Crippen LogP contribution in [-0.4, -0.2) is 37.0 Å². The quantitative estimate of drug-likeness (QED) is 0.787. The molecule has 0 aromatic rings. The molecule has 0 bridgehead atoms. The molecule has 2 rings (SSSR count). The van der Waals surface area contributed by atoms with E-state index in [9.17, 15) is 4.79 Å². The highest BCUT2D eigenvalue weighted by Crippen LogP contribution is 2.28. The lowest BCUT2D eigenvalue weighted by molar-refractivity contribution is -0.138. The van der Waals surface area contributed by atoms with E-state index in [0.29, 0.717) is 17.7 Å². The smallest absolute Gasteiger partial charge is 0.225 e. The van der Waals surface area contributed by atoms with Crippen LogP contribution in [-0.2, 0) is 4.79 Å². The first-order chi connectivity index (χ1) is 7.81. The first-order valence-corrected chi connectivity index (χ1v) is 6.80. The summed E-state index contributed by atoms with van der Waals surface area (Å²) in [7, 11) is 0. The van der Waals surface area contributed by atoms with Crippen molar-refractivity contribution in [3.05, 3.63) is 0 Å². The van der Waals surface area contributed by atoms with E-state index in [-0.39, 0.29) is 0 Å². The third-order valence-electron chi connectivity index (χ3n) is 4.03. The Morgan fingerprint density at radius 2 is 2.12 bits per heavy atom. The van der Waals surface area contributed by atoms with Crippen LogP contribution in [0.2, 0.25) is 0 Å². The fourth-order valence-corrected chi connectivity index (χ4v) is 2.68. The van der Waals surface area contributed by atoms with Gasteiger partial charge in [-0.15, -0.1) is 0 Å². The topological polar surface area (TPSA) is 32.3 Å². The molecular formula is C13H24N2O. The molecule has 1 unspecified atom stereocenters. The molecule has 1 amide bonds. The summed E-state index contributed by atoms with van der Waals surface area (Å²) in [5.74, 6) is 1.45. The number of rotatable bonds is 4. The third kappa shape index (κ3) is 2.76. The normalized spacial score (nSPS) is 26.2. The SMILES string of the molecule is CCN(CC1CCCNC1)C(=O)C1CCC1. The van der Waals surface area contributed by atoms with Crippen LogP contribution in [0.25, 0.3) is 0 Å². The van der Waals surface area contributed by atoms with E-state index in [0.717, 1.165) is 39.0 Å². The summed E-state index contributed by atoms with van der Waals surface area (Å²) in [4.78, 5) is 14.2. The summed E-state index contributed by atoms with van der Waals surface area (Å²) in [5.41, 5.74) is 0. The van der Waals surface area contributed by atoms with E-state index < -0.39 is 0 Å². The van der Waals surface area contributed by atoms with Gasteiger partial charge in [-0.1, -0.05) is 6.42 Å². The average molecular weight is 224 g/mol. The molecule has 92 valence electrons. The van der Waals surface area contributed by atoms with E-state index in [1.807, 2.05) is 0 Å². The van der Waals surface area contributed by atoms with Crippen molar-refractivity contribution in [2.24, 2.45) is 11.8 Å². The van der Waals surface area contributed by atoms with Gasteiger partial charge in [0.1, 0.15) is 0 Å². The summed E-state index contributed by atoms with van der Waals surface area (Å²) in [6.45, 7) is 6.20. The highest BCUT2D eigenvalue weighted by atomic mass is 16.2. The molecule has 0 aromatic heterocycles. The number of piperidine rings is 1. The standard InChI is InChI=1S/C13H24N2O/c1-2-15(13(16)12-6-3-7-12)10-11-5-4-8-14-9-11/h11-12,14H,2-10H2,1H3. The predicted octanol–water partition coefficient (Wildman–Crippen LogP) is 1.63. The van der Waals surface area contributed by atoms with Crippen molar-refractivity contribution >= 4 is 5.91 Å². The van der Waals surface area contributed by atoms with Crippen LogP contribution in [0, 0.1) is 11.8 Å². The van der Waals surface area contributed by atoms with Gasteiger partial charge in [-0.3, -0.25) is 4.79 Å². The zero-order chi connectivity index (χ0) is 11.4. The minimum absolute atomic E-state index is 0.358. The fourth-order valence-electron chi connectivity index (χ4n) is 2.68. The van der Waals surface area contributed by atoms with E-state index in [1.165, 1.54) is 19.3 Å². The molecule has 2 fully saturated rings. The first-order valence-electron chi connectivity index (χ1n) is 6.80. The van der Waals surface area contributed by atoms with Gasteiger partial charge in [0.2, 0.25) is 5.91 Å². The Morgan fingerprint density at radius 3 is 2.62 bits per heavy atom. The zero-order valence-electron chi connectivity index (χ0n) is 10.4. The lowest BCUT2D eigenvalue weighted by Crippen LogP contribution is -2.44. The third-order valence-corrected chi connectivity index (χ3v) is 4.03. The van der Waals surface area contributed by atoms with Crippen molar-refractivity contribution in [3.63, 3.8) is 0 Å². The van der Waals surface area contributed by atoms with Crippen molar-refractivity contribution < 1.29 is 4.79 Å². The van der Waals surface area contributed by atoms with Crippen LogP contribution in [0.3, 0.4) is 0 Å². The molecule has 3 nitrogen and oxygen atoms in total. The number of hydrogen-bond acceptors (Lipinski definition) is 2. The Morgan fingerprint density at radius 1 is 1.31 bits per heavy atom. The Balaban J connectivity index is 1.81. The minimum Gasteiger partial charge on any atom is -0.342 e. The van der Waals surface area contributed by atoms with Crippen LogP contribution in [0.15, 0.2) is 0 Å². The van der Waals surface area contributed by atoms with Gasteiger partial charge in [-0.2, -0.15) is 0 Å². The van der Waals surface area contributed by atoms with Gasteiger partial charge in [0, 0.05) is 19.0 Å². The van der Waals surface area contributed by atoms with Crippen LogP contribution in [0.1, 0.15) is 39.0 Å². The van der Waals surface area contributed by atoms with Crippen molar-refractivity contribution in [1.29, 1.82) is 0 Å². The number of amides is 1. The maximum atomic E-state index is 12.1. The van der Waals surface area contributed by atoms with E-state index in [2.05, 4.69) is 17.1 Å². The zero-order valence-corrected chi connectivity index (χ0v) is 10.4. The Kier molecular flexibility index (Phi) is 4.22. The van der Waals surface area contributed by atoms with Crippen molar-refractivity contribution in [2.45, 2.75) is 39.0 Å². The molecule has 0 aromatic carbocycles. The van der Waals surface area contributed by atoms with Gasteiger partial charge in [-0.25, -0.2) is 0 Å². The Hall–Kier alpha value is -0.570. The van der Waals surface area contributed by atoms with Gasteiger partial charge in [-0.05, 0) is 51.6 Å². The molecule has 1 saturated heterocycles. The summed E-state index contributed by atoms with van der Waals surface area (Å²) >= 11 is 0. The molecule has 1 N–H and O–H groups in total. The highest BCUT2D eigenvalue weighted by Gasteiger charge is 2.29. The first kappa shape index (κ1) is 11.9. The molecule has 1 atom stereocenters. The molecule has 16 heavy (non-hydrogen) atoms. The van der Waals surface area contributed by atoms with E-state index in [4.69, 9.17) is 0 Å². The molecule has 1 aliphatic carbocycles. The number of carbonyl (C=O) groups excluding carboxylic acids is 1. The number of carbonyl (C=O) groups is 1. The molecular weight excluding hydrogens is 200 g/mol. The van der Waals surface area contributed by atoms with Gasteiger partial charge >= 0.3 is 0 Å². The predicted molar refractivity (Wildman–Crippen MR) is 65.2 cm³/mol. The van der Waals surface area contributed by atoms with Crippen LogP contribution < -0.4 is 5.32 Å². The van der Waals surface area contributed by atoms with Gasteiger partial charge in [0.15, 0.2) is 0 Å². The van der Waals surface area contributed by atoms with E-state index in [1.54, 1.807) is 0 Å². The molecule has 0 spiro atoms. The lowest BCUT2D eigenvalue weighted by Gasteiger charge is -2.34. The monoisotopic (exact) mass is 224 g/mol. The van der Waals surface area contributed by atoms with Crippen LogP contribution in [0.4, 0.5) is 0 Å². The summed E-state index contributed by atoms with van der Waals surface area (Å²) in [6.07, 6.45) is 6.04. The number of hydrogen-bond donors (Lipinski definition) is 1. The average Bonchev–Trinajstić information content (AvgIpc) is 2.25. The highest BCUT2D eigenvalue weighted by molar-refractivity contribution is 5.79. The van der Waals surface area contributed by atoms with Gasteiger partial charge in [0.05, 0.1) is 0 Å². The second-order valence-electron chi connectivity index (χ2n) is 5.22. The van der Waals surface area contributed by atoms with Crippen molar-refractivity contribution in [2.75, 3.05) is 26.2 Å². The van der Waals surface area contributed by atoms with Crippen LogP contribution >= 0.6 is 0 Å². The minimum atomic E-state index is 0.358. The summed E-state index contributed by atoms with van der Waals surface area (Å²) < 4.78 is 0. The maximum absolute atomic E-state index is 12.1. The Bertz CT molecular complexity index is 232. The molecule has 2 aliphatic rings. The number of nitrogens with one attached hydrogen (secondary N) is 1. The molecule has 1 saturated carbocycles. The second kappa shape index (κ2) is 5.67. The summed E-state index contributed by atoms with van der Waals surface area (Å²) in [6, 6.07) is 0. The fraction of sp³-hybridized carbons (Fsp3) is 0.923. The molecule has 3 heteroatoms. The maximum Gasteiger partial charge on any atom is 0.225 e. The van der Waals surface area contributed by atoms with Crippen molar-refractivity contribution in [1.82, 2.24) is 10.2 Å².